The second-order valence-corrected chi connectivity index (χ2v) is 8.31. The van der Waals surface area contributed by atoms with Gasteiger partial charge in [0.15, 0.2) is 11.5 Å². The summed E-state index contributed by atoms with van der Waals surface area (Å²) < 4.78 is 11.3. The van der Waals surface area contributed by atoms with E-state index in [9.17, 15) is 4.79 Å². The van der Waals surface area contributed by atoms with E-state index in [1.807, 2.05) is 23.1 Å². The van der Waals surface area contributed by atoms with Crippen molar-refractivity contribution in [2.75, 3.05) is 33.4 Å². The van der Waals surface area contributed by atoms with Gasteiger partial charge in [-0.05, 0) is 68.7 Å². The summed E-state index contributed by atoms with van der Waals surface area (Å²) in [5.41, 5.74) is 0.674. The van der Waals surface area contributed by atoms with E-state index in [1.54, 1.807) is 7.11 Å². The minimum atomic E-state index is 0.0858. The van der Waals surface area contributed by atoms with Crippen LogP contribution in [-0.4, -0.2) is 50.2 Å². The number of carbonyl (C=O) groups is 1. The molecule has 1 aromatic rings. The van der Waals surface area contributed by atoms with Crippen LogP contribution >= 0.6 is 0 Å². The van der Waals surface area contributed by atoms with E-state index in [0.717, 1.165) is 44.8 Å². The highest BCUT2D eigenvalue weighted by Crippen LogP contribution is 2.30. The third kappa shape index (κ3) is 5.86. The predicted octanol–water partition coefficient (Wildman–Crippen LogP) is 3.72. The van der Waals surface area contributed by atoms with Crippen molar-refractivity contribution in [1.82, 2.24) is 10.2 Å². The van der Waals surface area contributed by atoms with Crippen molar-refractivity contribution in [3.63, 3.8) is 0 Å². The molecule has 3 rings (SSSR count). The molecule has 0 bridgehead atoms. The molecule has 1 aliphatic carbocycles. The highest BCUT2D eigenvalue weighted by Gasteiger charge is 2.26. The summed E-state index contributed by atoms with van der Waals surface area (Å²) >= 11 is 0. The SMILES string of the molecule is COc1cc(C(=O)N2CCC(NCC3CC3)CC2)ccc1OCCC(C)C. The molecule has 0 radical (unpaired) electrons. The number of benzene rings is 1. The number of methoxy groups -OCH3 is 1. The number of nitrogens with zero attached hydrogens (tertiary/aromatic N) is 1. The third-order valence-electron chi connectivity index (χ3n) is 5.54. The number of piperidine rings is 1. The van der Waals surface area contributed by atoms with Crippen LogP contribution in [0.2, 0.25) is 0 Å². The van der Waals surface area contributed by atoms with Crippen molar-refractivity contribution in [3.8, 4) is 11.5 Å². The van der Waals surface area contributed by atoms with Gasteiger partial charge >= 0.3 is 0 Å². The molecular formula is C22H34N2O3. The Kier molecular flexibility index (Phi) is 7.00. The van der Waals surface area contributed by atoms with E-state index >= 15 is 0 Å². The fourth-order valence-corrected chi connectivity index (χ4v) is 3.45. The Bertz CT molecular complexity index is 620. The summed E-state index contributed by atoms with van der Waals surface area (Å²) in [6.45, 7) is 7.78. The van der Waals surface area contributed by atoms with Crippen molar-refractivity contribution < 1.29 is 14.3 Å². The van der Waals surface area contributed by atoms with Gasteiger partial charge in [0.2, 0.25) is 0 Å². The zero-order valence-electron chi connectivity index (χ0n) is 17.0. The lowest BCUT2D eigenvalue weighted by atomic mass is 10.0. The second kappa shape index (κ2) is 9.45. The summed E-state index contributed by atoms with van der Waals surface area (Å²) in [6.07, 6.45) is 5.82. The first kappa shape index (κ1) is 20.0. The van der Waals surface area contributed by atoms with Crippen LogP contribution in [0.3, 0.4) is 0 Å². The zero-order chi connectivity index (χ0) is 19.2. The highest BCUT2D eigenvalue weighted by atomic mass is 16.5. The summed E-state index contributed by atoms with van der Waals surface area (Å²) in [7, 11) is 1.62. The van der Waals surface area contributed by atoms with E-state index in [2.05, 4.69) is 19.2 Å². The van der Waals surface area contributed by atoms with E-state index in [4.69, 9.17) is 9.47 Å². The summed E-state index contributed by atoms with van der Waals surface area (Å²) in [5, 5.41) is 3.66. The lowest BCUT2D eigenvalue weighted by Crippen LogP contribution is -2.45. The molecule has 1 saturated carbocycles. The van der Waals surface area contributed by atoms with Gasteiger partial charge in [-0.3, -0.25) is 4.79 Å². The number of rotatable bonds is 9. The zero-order valence-corrected chi connectivity index (χ0v) is 17.0. The van der Waals surface area contributed by atoms with Gasteiger partial charge in [-0.25, -0.2) is 0 Å². The third-order valence-corrected chi connectivity index (χ3v) is 5.54. The molecule has 2 aliphatic rings. The fraction of sp³-hybridized carbons (Fsp3) is 0.682. The first-order valence-electron chi connectivity index (χ1n) is 10.4. The minimum Gasteiger partial charge on any atom is -0.493 e. The lowest BCUT2D eigenvalue weighted by Gasteiger charge is -2.32. The van der Waals surface area contributed by atoms with Gasteiger partial charge in [0.25, 0.3) is 5.91 Å². The van der Waals surface area contributed by atoms with Gasteiger partial charge in [-0.1, -0.05) is 13.8 Å². The molecule has 1 heterocycles. The molecular weight excluding hydrogens is 340 g/mol. The van der Waals surface area contributed by atoms with Crippen molar-refractivity contribution in [3.05, 3.63) is 23.8 Å². The summed E-state index contributed by atoms with van der Waals surface area (Å²) in [5.74, 6) is 2.92. The fourth-order valence-electron chi connectivity index (χ4n) is 3.45. The first-order valence-corrected chi connectivity index (χ1v) is 10.4. The second-order valence-electron chi connectivity index (χ2n) is 8.31. The number of hydrogen-bond acceptors (Lipinski definition) is 4. The average Bonchev–Trinajstić information content (AvgIpc) is 3.50. The normalized spacial score (nSPS) is 18.0. The predicted molar refractivity (Wildman–Crippen MR) is 108 cm³/mol. The van der Waals surface area contributed by atoms with Crippen LogP contribution in [0, 0.1) is 11.8 Å². The molecule has 27 heavy (non-hydrogen) atoms. The van der Waals surface area contributed by atoms with Gasteiger partial charge in [0, 0.05) is 24.7 Å². The van der Waals surface area contributed by atoms with E-state index in [0.29, 0.717) is 35.6 Å². The molecule has 5 heteroatoms. The molecule has 0 unspecified atom stereocenters. The minimum absolute atomic E-state index is 0.0858. The highest BCUT2D eigenvalue weighted by molar-refractivity contribution is 5.95. The number of carbonyl (C=O) groups excluding carboxylic acids is 1. The van der Waals surface area contributed by atoms with E-state index in [1.165, 1.54) is 12.8 Å². The molecule has 1 amide bonds. The van der Waals surface area contributed by atoms with Crippen molar-refractivity contribution >= 4 is 5.91 Å². The molecule has 1 N–H and O–H groups in total. The standard InChI is InChI=1S/C22H34N2O3/c1-16(2)10-13-27-20-7-6-18(14-21(20)26-3)22(25)24-11-8-19(9-12-24)23-15-17-4-5-17/h6-7,14,16-17,19,23H,4-5,8-13,15H2,1-3H3. The van der Waals surface area contributed by atoms with E-state index in [-0.39, 0.29) is 5.91 Å². The van der Waals surface area contributed by atoms with Crippen LogP contribution in [0.15, 0.2) is 18.2 Å². The van der Waals surface area contributed by atoms with Crippen LogP contribution in [-0.2, 0) is 0 Å². The molecule has 5 nitrogen and oxygen atoms in total. The van der Waals surface area contributed by atoms with Gasteiger partial charge in [-0.2, -0.15) is 0 Å². The maximum absolute atomic E-state index is 12.9. The van der Waals surface area contributed by atoms with Gasteiger partial charge in [-0.15, -0.1) is 0 Å². The Morgan fingerprint density at radius 3 is 2.56 bits per heavy atom. The van der Waals surface area contributed by atoms with Crippen LogP contribution in [0.5, 0.6) is 11.5 Å². The first-order chi connectivity index (χ1) is 13.1. The number of nitrogens with one attached hydrogen (secondary N) is 1. The molecule has 1 aromatic carbocycles. The molecule has 1 aliphatic heterocycles. The molecule has 0 spiro atoms. The smallest absolute Gasteiger partial charge is 0.253 e. The Balaban J connectivity index is 1.53. The quantitative estimate of drug-likeness (QED) is 0.716. The maximum Gasteiger partial charge on any atom is 0.253 e. The Hall–Kier alpha value is -1.75. The number of ether oxygens (including phenoxy) is 2. The molecule has 1 saturated heterocycles. The molecule has 0 aromatic heterocycles. The topological polar surface area (TPSA) is 50.8 Å². The molecule has 150 valence electrons. The van der Waals surface area contributed by atoms with Crippen molar-refractivity contribution in [2.45, 2.75) is 52.0 Å². The summed E-state index contributed by atoms with van der Waals surface area (Å²) in [4.78, 5) is 14.8. The van der Waals surface area contributed by atoms with Gasteiger partial charge in [0.1, 0.15) is 0 Å². The van der Waals surface area contributed by atoms with Gasteiger partial charge in [0.05, 0.1) is 13.7 Å². The van der Waals surface area contributed by atoms with Crippen molar-refractivity contribution in [2.24, 2.45) is 11.8 Å². The number of amides is 1. The Labute approximate surface area is 163 Å². The molecule has 2 fully saturated rings. The average molecular weight is 375 g/mol. The largest absolute Gasteiger partial charge is 0.493 e. The van der Waals surface area contributed by atoms with Gasteiger partial charge < -0.3 is 19.7 Å². The van der Waals surface area contributed by atoms with Crippen LogP contribution in [0.25, 0.3) is 0 Å². The monoisotopic (exact) mass is 374 g/mol. The van der Waals surface area contributed by atoms with Crippen LogP contribution in [0.1, 0.15) is 56.3 Å². The Morgan fingerprint density at radius 1 is 1.19 bits per heavy atom. The van der Waals surface area contributed by atoms with Crippen LogP contribution in [0.4, 0.5) is 0 Å². The summed E-state index contributed by atoms with van der Waals surface area (Å²) in [6, 6.07) is 6.08. The number of hydrogen-bond donors (Lipinski definition) is 1. The maximum atomic E-state index is 12.9. The molecule has 0 atom stereocenters. The lowest BCUT2D eigenvalue weighted by molar-refractivity contribution is 0.0704. The van der Waals surface area contributed by atoms with Crippen LogP contribution < -0.4 is 14.8 Å². The van der Waals surface area contributed by atoms with Crippen molar-refractivity contribution in [1.29, 1.82) is 0 Å². The Morgan fingerprint density at radius 2 is 1.93 bits per heavy atom. The van der Waals surface area contributed by atoms with E-state index < -0.39 is 0 Å². The number of likely N-dealkylation sites (tertiary alicyclic amines) is 1.